The Morgan fingerprint density at radius 2 is 2.05 bits per heavy atom. The van der Waals surface area contributed by atoms with Crippen LogP contribution >= 0.6 is 0 Å². The maximum atomic E-state index is 11.5. The van der Waals surface area contributed by atoms with Crippen molar-refractivity contribution in [2.24, 2.45) is 22.2 Å². The van der Waals surface area contributed by atoms with Crippen molar-refractivity contribution < 1.29 is 8.42 Å². The number of nitrogens with zero attached hydrogens (tertiary/aromatic N) is 1. The largest absolute Gasteiger partial charge is 0.356 e. The van der Waals surface area contributed by atoms with Gasteiger partial charge >= 0.3 is 0 Å². The van der Waals surface area contributed by atoms with E-state index in [-0.39, 0.29) is 5.92 Å². The summed E-state index contributed by atoms with van der Waals surface area (Å²) in [5.74, 6) is 2.40. The van der Waals surface area contributed by atoms with Crippen LogP contribution in [0.3, 0.4) is 0 Å². The highest BCUT2D eigenvalue weighted by molar-refractivity contribution is 7.91. The third-order valence-electron chi connectivity index (χ3n) is 4.99. The third-order valence-corrected chi connectivity index (χ3v) is 6.83. The van der Waals surface area contributed by atoms with Crippen molar-refractivity contribution >= 4 is 15.8 Å². The second kappa shape index (κ2) is 7.20. The first-order chi connectivity index (χ1) is 10.3. The Kier molecular flexibility index (Phi) is 5.75. The smallest absolute Gasteiger partial charge is 0.191 e. The van der Waals surface area contributed by atoms with Crippen LogP contribution in [0.25, 0.3) is 0 Å². The van der Waals surface area contributed by atoms with Crippen LogP contribution in [0.15, 0.2) is 4.99 Å². The van der Waals surface area contributed by atoms with Gasteiger partial charge in [-0.2, -0.15) is 0 Å². The first-order valence-electron chi connectivity index (χ1n) is 8.49. The van der Waals surface area contributed by atoms with Gasteiger partial charge in [-0.1, -0.05) is 20.3 Å². The van der Waals surface area contributed by atoms with Gasteiger partial charge < -0.3 is 10.6 Å². The van der Waals surface area contributed by atoms with Crippen LogP contribution < -0.4 is 10.6 Å². The van der Waals surface area contributed by atoms with Gasteiger partial charge in [-0.25, -0.2) is 8.42 Å². The molecule has 1 heterocycles. The van der Waals surface area contributed by atoms with Gasteiger partial charge in [0.15, 0.2) is 15.8 Å². The monoisotopic (exact) mass is 329 g/mol. The lowest BCUT2D eigenvalue weighted by molar-refractivity contribution is 0.104. The molecular formula is C16H31N3O2S. The van der Waals surface area contributed by atoms with Crippen molar-refractivity contribution in [3.63, 3.8) is 0 Å². The molecule has 0 amide bonds. The van der Waals surface area contributed by atoms with Crippen molar-refractivity contribution in [2.45, 2.75) is 46.0 Å². The van der Waals surface area contributed by atoms with E-state index in [1.807, 2.05) is 0 Å². The molecule has 2 fully saturated rings. The van der Waals surface area contributed by atoms with Crippen molar-refractivity contribution in [1.82, 2.24) is 10.6 Å². The van der Waals surface area contributed by atoms with Gasteiger partial charge in [0, 0.05) is 20.1 Å². The summed E-state index contributed by atoms with van der Waals surface area (Å²) < 4.78 is 23.0. The predicted octanol–water partition coefficient (Wildman–Crippen LogP) is 1.80. The Hall–Kier alpha value is -0.780. The van der Waals surface area contributed by atoms with E-state index in [1.165, 1.54) is 25.7 Å². The molecule has 22 heavy (non-hydrogen) atoms. The second-order valence-electron chi connectivity index (χ2n) is 7.53. The molecule has 1 aliphatic heterocycles. The molecule has 1 atom stereocenters. The van der Waals surface area contributed by atoms with Crippen LogP contribution in [-0.4, -0.2) is 46.0 Å². The van der Waals surface area contributed by atoms with E-state index < -0.39 is 9.84 Å². The number of hydrogen-bond donors (Lipinski definition) is 2. The topological polar surface area (TPSA) is 70.6 Å². The van der Waals surface area contributed by atoms with Gasteiger partial charge in [-0.3, -0.25) is 4.99 Å². The van der Waals surface area contributed by atoms with Gasteiger partial charge in [0.2, 0.25) is 0 Å². The van der Waals surface area contributed by atoms with Crippen LogP contribution in [0.4, 0.5) is 0 Å². The Morgan fingerprint density at radius 1 is 1.32 bits per heavy atom. The quantitative estimate of drug-likeness (QED) is 0.576. The first-order valence-corrected chi connectivity index (χ1v) is 10.3. The molecular weight excluding hydrogens is 298 g/mol. The van der Waals surface area contributed by atoms with E-state index in [9.17, 15) is 8.42 Å². The van der Waals surface area contributed by atoms with Crippen molar-refractivity contribution in [1.29, 1.82) is 0 Å². The molecule has 1 unspecified atom stereocenters. The summed E-state index contributed by atoms with van der Waals surface area (Å²) >= 11 is 0. The molecule has 6 heteroatoms. The van der Waals surface area contributed by atoms with E-state index in [4.69, 9.17) is 0 Å². The fourth-order valence-corrected chi connectivity index (χ4v) is 5.62. The summed E-state index contributed by atoms with van der Waals surface area (Å²) in [6.07, 6.45) is 5.97. The van der Waals surface area contributed by atoms with Crippen molar-refractivity contribution in [2.75, 3.05) is 31.6 Å². The maximum Gasteiger partial charge on any atom is 0.191 e. The highest BCUT2D eigenvalue weighted by Gasteiger charge is 2.37. The number of guanidine groups is 1. The van der Waals surface area contributed by atoms with Crippen molar-refractivity contribution in [3.8, 4) is 0 Å². The molecule has 128 valence electrons. The summed E-state index contributed by atoms with van der Waals surface area (Å²) in [5.41, 5.74) is 0.433. The maximum absolute atomic E-state index is 11.5. The number of sulfone groups is 1. The standard InChI is InChI=1S/C16H31N3O2S/c1-13(2)9-16(6-4-7-16)12-19-15(17-3)18-10-14-5-8-22(20,21)11-14/h13-14H,4-12H2,1-3H3,(H2,17,18,19). The molecule has 1 saturated heterocycles. The van der Waals surface area contributed by atoms with Gasteiger partial charge in [0.05, 0.1) is 11.5 Å². The molecule has 1 saturated carbocycles. The van der Waals surface area contributed by atoms with Gasteiger partial charge in [0.25, 0.3) is 0 Å². The van der Waals surface area contributed by atoms with E-state index in [2.05, 4.69) is 29.5 Å². The zero-order chi connectivity index (χ0) is 16.2. The highest BCUT2D eigenvalue weighted by atomic mass is 32.2. The molecule has 2 aliphatic rings. The van der Waals surface area contributed by atoms with Gasteiger partial charge in [-0.15, -0.1) is 0 Å². The molecule has 0 spiro atoms. The molecule has 0 bridgehead atoms. The van der Waals surface area contributed by atoms with Crippen LogP contribution in [0.2, 0.25) is 0 Å². The minimum Gasteiger partial charge on any atom is -0.356 e. The minimum atomic E-state index is -2.79. The Balaban J connectivity index is 1.76. The van der Waals surface area contributed by atoms with Crippen LogP contribution in [0, 0.1) is 17.3 Å². The zero-order valence-electron chi connectivity index (χ0n) is 14.2. The lowest BCUT2D eigenvalue weighted by Crippen LogP contribution is -2.47. The van der Waals surface area contributed by atoms with Crippen LogP contribution in [0.1, 0.15) is 46.0 Å². The molecule has 1 aliphatic carbocycles. The Morgan fingerprint density at radius 3 is 2.50 bits per heavy atom. The molecule has 2 N–H and O–H groups in total. The zero-order valence-corrected chi connectivity index (χ0v) is 15.0. The average molecular weight is 330 g/mol. The number of aliphatic imine (C=N–C) groups is 1. The van der Waals surface area contributed by atoms with Gasteiger partial charge in [-0.05, 0) is 42.9 Å². The lowest BCUT2D eigenvalue weighted by atomic mass is 9.64. The summed E-state index contributed by atoms with van der Waals surface area (Å²) in [5, 5.41) is 6.75. The van der Waals surface area contributed by atoms with Gasteiger partial charge in [0.1, 0.15) is 0 Å². The second-order valence-corrected chi connectivity index (χ2v) is 9.76. The van der Waals surface area contributed by atoms with E-state index >= 15 is 0 Å². The number of nitrogens with one attached hydrogen (secondary N) is 2. The van der Waals surface area contributed by atoms with Crippen molar-refractivity contribution in [3.05, 3.63) is 0 Å². The summed E-state index contributed by atoms with van der Waals surface area (Å²) in [4.78, 5) is 4.27. The Bertz CT molecular complexity index is 496. The fourth-order valence-electron chi connectivity index (χ4n) is 3.76. The van der Waals surface area contributed by atoms with E-state index in [1.54, 1.807) is 7.05 Å². The SMILES string of the molecule is CN=C(NCC1CCS(=O)(=O)C1)NCC1(CC(C)C)CCC1. The molecule has 5 nitrogen and oxygen atoms in total. The average Bonchev–Trinajstić information content (AvgIpc) is 2.74. The number of hydrogen-bond acceptors (Lipinski definition) is 3. The molecule has 2 rings (SSSR count). The lowest BCUT2D eigenvalue weighted by Gasteiger charge is -2.43. The molecule has 0 radical (unpaired) electrons. The van der Waals surface area contributed by atoms with E-state index in [0.717, 1.165) is 24.8 Å². The summed E-state index contributed by atoms with van der Waals surface area (Å²) in [6.45, 7) is 6.23. The molecule has 0 aromatic carbocycles. The van der Waals surface area contributed by atoms with E-state index in [0.29, 0.717) is 23.5 Å². The predicted molar refractivity (Wildman–Crippen MR) is 91.9 cm³/mol. The highest BCUT2D eigenvalue weighted by Crippen LogP contribution is 2.45. The summed E-state index contributed by atoms with van der Waals surface area (Å²) in [6, 6.07) is 0. The normalized spacial score (nSPS) is 26.7. The summed E-state index contributed by atoms with van der Waals surface area (Å²) in [7, 11) is -1.02. The number of rotatable bonds is 6. The van der Waals surface area contributed by atoms with Crippen LogP contribution in [0.5, 0.6) is 0 Å². The molecule has 0 aromatic heterocycles. The molecule has 0 aromatic rings. The fraction of sp³-hybridized carbons (Fsp3) is 0.938. The van der Waals surface area contributed by atoms with Crippen LogP contribution in [-0.2, 0) is 9.84 Å². The minimum absolute atomic E-state index is 0.219. The third kappa shape index (κ3) is 4.86. The Labute approximate surface area is 135 Å². The first kappa shape index (κ1) is 17.6.